The monoisotopic (exact) mass is 732 g/mol. The summed E-state index contributed by atoms with van der Waals surface area (Å²) in [5.41, 5.74) is 10.3. The number of pyridine rings is 2. The number of nitrogens with one attached hydrogen (secondary N) is 4. The van der Waals surface area contributed by atoms with Crippen molar-refractivity contribution in [1.82, 2.24) is 9.97 Å². The molecule has 4 N–H and O–H groups in total. The Morgan fingerprint density at radius 1 is 0.375 bits per heavy atom. The van der Waals surface area contributed by atoms with Crippen LogP contribution in [0, 0.1) is 0 Å². The topological polar surface area (TPSA) is 124 Å². The maximum atomic E-state index is 13.0. The molecule has 6 aromatic carbocycles. The van der Waals surface area contributed by atoms with Crippen LogP contribution in [0.2, 0.25) is 0 Å². The zero-order valence-electron chi connectivity index (χ0n) is 30.3. The van der Waals surface area contributed by atoms with Gasteiger partial charge in [0.15, 0.2) is 11.6 Å². The lowest BCUT2D eigenvalue weighted by Crippen LogP contribution is -2.21. The average Bonchev–Trinajstić information content (AvgIpc) is 3.23. The summed E-state index contributed by atoms with van der Waals surface area (Å²) in [7, 11) is 0. The molecule has 8 nitrogen and oxygen atoms in total. The fourth-order valence-corrected chi connectivity index (χ4v) is 7.99. The molecule has 0 fully saturated rings. The number of rotatable bonds is 8. The highest BCUT2D eigenvalue weighted by atomic mass is 16.1. The minimum absolute atomic E-state index is 0.00372. The lowest BCUT2D eigenvalue weighted by atomic mass is 9.83. The Morgan fingerprint density at radius 3 is 1.14 bits per heavy atom. The molecule has 2 heterocycles. The Morgan fingerprint density at radius 2 is 0.732 bits per heavy atom. The van der Waals surface area contributed by atoms with Gasteiger partial charge < -0.3 is 20.6 Å². The molecular formula is C48H36N4O4. The summed E-state index contributed by atoms with van der Waals surface area (Å²) in [4.78, 5) is 57.6. The van der Waals surface area contributed by atoms with Crippen molar-refractivity contribution in [3.8, 4) is 22.3 Å². The molecule has 0 saturated heterocycles. The van der Waals surface area contributed by atoms with E-state index in [4.69, 9.17) is 0 Å². The van der Waals surface area contributed by atoms with Crippen LogP contribution in [-0.4, -0.2) is 34.6 Å². The van der Waals surface area contributed by atoms with Crippen LogP contribution in [0.3, 0.4) is 0 Å². The third-order valence-corrected chi connectivity index (χ3v) is 10.6. The standard InChI is InChI=1S/2C24H18N2O2/c2*27-23-17-10-5-4-9-16(17)21-20-18(23)11-6-12-19(20)26-24(28)22(21)25-14-13-15-7-2-1-3-8-15/h2*1-12,25H,13-14H2,(H,26,28). The summed E-state index contributed by atoms with van der Waals surface area (Å²) >= 11 is 0. The highest BCUT2D eigenvalue weighted by Crippen LogP contribution is 2.43. The fourth-order valence-electron chi connectivity index (χ4n) is 7.99. The number of hydrogen-bond donors (Lipinski definition) is 4. The molecule has 2 aliphatic rings. The summed E-state index contributed by atoms with van der Waals surface area (Å²) in [5, 5.41) is 8.30. The van der Waals surface area contributed by atoms with Gasteiger partial charge in [-0.15, -0.1) is 0 Å². The molecule has 0 aliphatic heterocycles. The third-order valence-electron chi connectivity index (χ3n) is 10.6. The molecule has 0 radical (unpaired) electrons. The predicted octanol–water partition coefficient (Wildman–Crippen LogP) is 8.79. The molecule has 0 unspecified atom stereocenters. The van der Waals surface area contributed by atoms with Crippen LogP contribution >= 0.6 is 0 Å². The van der Waals surface area contributed by atoms with Crippen molar-refractivity contribution in [1.29, 1.82) is 0 Å². The zero-order valence-corrected chi connectivity index (χ0v) is 30.3. The largest absolute Gasteiger partial charge is 0.380 e. The first kappa shape index (κ1) is 34.4. The second-order valence-electron chi connectivity index (χ2n) is 13.9. The van der Waals surface area contributed by atoms with Crippen LogP contribution < -0.4 is 21.8 Å². The molecular weight excluding hydrogens is 697 g/mol. The minimum Gasteiger partial charge on any atom is -0.380 e. The molecule has 0 spiro atoms. The number of ketones is 2. The Hall–Kier alpha value is -7.32. The van der Waals surface area contributed by atoms with Gasteiger partial charge in [-0.05, 0) is 47.2 Å². The quantitative estimate of drug-likeness (QED) is 0.124. The number of anilines is 2. The summed E-state index contributed by atoms with van der Waals surface area (Å²) in [5.74, 6) is -0.00744. The molecule has 0 atom stereocenters. The molecule has 8 heteroatoms. The van der Waals surface area contributed by atoms with Gasteiger partial charge in [0, 0.05) is 68.3 Å². The number of fused-ring (bicyclic) bond motifs is 4. The summed E-state index contributed by atoms with van der Waals surface area (Å²) in [6.07, 6.45) is 1.61. The van der Waals surface area contributed by atoms with E-state index in [1.54, 1.807) is 0 Å². The van der Waals surface area contributed by atoms with Crippen LogP contribution in [0.25, 0.3) is 44.1 Å². The fraction of sp³-hybridized carbons (Fsp3) is 0.0833. The van der Waals surface area contributed by atoms with E-state index in [1.165, 1.54) is 11.1 Å². The number of benzene rings is 6. The molecule has 56 heavy (non-hydrogen) atoms. The van der Waals surface area contributed by atoms with Crippen LogP contribution in [0.5, 0.6) is 0 Å². The van der Waals surface area contributed by atoms with Gasteiger partial charge in [0.05, 0.1) is 0 Å². The van der Waals surface area contributed by atoms with Crippen LogP contribution in [0.4, 0.5) is 11.4 Å². The van der Waals surface area contributed by atoms with Crippen molar-refractivity contribution in [2.45, 2.75) is 12.8 Å². The Bertz CT molecular complexity index is 2750. The minimum atomic E-state index is -0.170. The number of aromatic amines is 2. The molecule has 0 saturated carbocycles. The normalized spacial score (nSPS) is 12.1. The zero-order chi connectivity index (χ0) is 38.2. The van der Waals surface area contributed by atoms with E-state index >= 15 is 0 Å². The molecule has 0 bridgehead atoms. The van der Waals surface area contributed by atoms with E-state index in [1.807, 2.05) is 121 Å². The van der Waals surface area contributed by atoms with Gasteiger partial charge in [0.25, 0.3) is 11.1 Å². The van der Waals surface area contributed by atoms with Crippen molar-refractivity contribution in [2.24, 2.45) is 0 Å². The number of aromatic nitrogens is 2. The van der Waals surface area contributed by atoms with Crippen molar-refractivity contribution < 1.29 is 9.59 Å². The van der Waals surface area contributed by atoms with Gasteiger partial charge in [-0.25, -0.2) is 0 Å². The van der Waals surface area contributed by atoms with Gasteiger partial charge in [0.1, 0.15) is 11.4 Å². The van der Waals surface area contributed by atoms with Gasteiger partial charge in [0.2, 0.25) is 0 Å². The third kappa shape index (κ3) is 6.07. The molecule has 8 aromatic rings. The maximum Gasteiger partial charge on any atom is 0.272 e. The van der Waals surface area contributed by atoms with Gasteiger partial charge in [-0.2, -0.15) is 0 Å². The summed E-state index contributed by atoms with van der Waals surface area (Å²) < 4.78 is 0. The van der Waals surface area contributed by atoms with Crippen LogP contribution in [-0.2, 0) is 12.8 Å². The van der Waals surface area contributed by atoms with Crippen LogP contribution in [0.1, 0.15) is 43.0 Å². The summed E-state index contributed by atoms with van der Waals surface area (Å²) in [6, 6.07) is 46.3. The summed E-state index contributed by atoms with van der Waals surface area (Å²) in [6.45, 7) is 1.26. The first-order chi connectivity index (χ1) is 27.5. The molecule has 272 valence electrons. The van der Waals surface area contributed by atoms with Gasteiger partial charge in [-0.3, -0.25) is 19.2 Å². The Balaban J connectivity index is 0.000000146. The van der Waals surface area contributed by atoms with Crippen molar-refractivity contribution in [3.05, 3.63) is 200 Å². The van der Waals surface area contributed by atoms with E-state index in [9.17, 15) is 19.2 Å². The van der Waals surface area contributed by atoms with E-state index in [0.717, 1.165) is 45.9 Å². The predicted molar refractivity (Wildman–Crippen MR) is 224 cm³/mol. The maximum absolute atomic E-state index is 13.0. The number of carbonyl (C=O) groups is 2. The first-order valence-electron chi connectivity index (χ1n) is 18.7. The smallest absolute Gasteiger partial charge is 0.272 e. The Kier molecular flexibility index (Phi) is 8.91. The van der Waals surface area contributed by atoms with Crippen molar-refractivity contribution in [3.63, 3.8) is 0 Å². The van der Waals surface area contributed by atoms with E-state index in [-0.39, 0.29) is 22.7 Å². The molecule has 10 rings (SSSR count). The van der Waals surface area contributed by atoms with Gasteiger partial charge in [-0.1, -0.05) is 133 Å². The second kappa shape index (κ2) is 14.5. The highest BCUT2D eigenvalue weighted by molar-refractivity contribution is 6.28. The molecule has 2 aromatic heterocycles. The second-order valence-corrected chi connectivity index (χ2v) is 13.9. The molecule has 2 aliphatic carbocycles. The first-order valence-corrected chi connectivity index (χ1v) is 18.7. The lowest BCUT2D eigenvalue weighted by Gasteiger charge is -2.22. The SMILES string of the molecule is O=C1c2ccccc2-c2c(NCCc3ccccc3)c(=O)[nH]c3cccc1c23.O=C1c2ccccc2-c2c(NCCc3ccccc3)c(=O)[nH]c3cccc1c23. The number of hydrogen-bond acceptors (Lipinski definition) is 6. The number of carbonyl (C=O) groups excluding carboxylic acids is 2. The highest BCUT2D eigenvalue weighted by Gasteiger charge is 2.30. The van der Waals surface area contributed by atoms with E-state index < -0.39 is 0 Å². The van der Waals surface area contributed by atoms with Crippen molar-refractivity contribution in [2.75, 3.05) is 23.7 Å². The molecule has 0 amide bonds. The van der Waals surface area contributed by atoms with Crippen LogP contribution in [0.15, 0.2) is 155 Å². The van der Waals surface area contributed by atoms with Crippen molar-refractivity contribution >= 4 is 44.7 Å². The van der Waals surface area contributed by atoms with Gasteiger partial charge >= 0.3 is 0 Å². The van der Waals surface area contributed by atoms with E-state index in [0.29, 0.717) is 57.8 Å². The number of H-pyrrole nitrogens is 2. The Labute approximate surface area is 321 Å². The average molecular weight is 733 g/mol. The van der Waals surface area contributed by atoms with E-state index in [2.05, 4.69) is 44.9 Å². The lowest BCUT2D eigenvalue weighted by molar-refractivity contribution is 0.103.